The molecular formula is C19H17ClN4O. The minimum atomic E-state index is -0.136. The fraction of sp³-hybridized carbons (Fsp3) is 0.105. The molecule has 126 valence electrons. The third-order valence-corrected chi connectivity index (χ3v) is 3.84. The van der Waals surface area contributed by atoms with Crippen LogP contribution >= 0.6 is 11.6 Å². The average molecular weight is 353 g/mol. The largest absolute Gasteiger partial charge is 0.324 e. The highest BCUT2D eigenvalue weighted by molar-refractivity contribution is 6.30. The van der Waals surface area contributed by atoms with Crippen molar-refractivity contribution in [3.8, 4) is 0 Å². The van der Waals surface area contributed by atoms with E-state index in [2.05, 4.69) is 15.3 Å². The molecule has 1 amide bonds. The molecule has 0 fully saturated rings. The van der Waals surface area contributed by atoms with Crippen LogP contribution in [0.3, 0.4) is 0 Å². The lowest BCUT2D eigenvalue weighted by Gasteiger charge is -2.20. The monoisotopic (exact) mass is 352 g/mol. The molecule has 0 atom stereocenters. The first kappa shape index (κ1) is 16.9. The summed E-state index contributed by atoms with van der Waals surface area (Å²) in [5.74, 6) is 0.268. The van der Waals surface area contributed by atoms with E-state index in [1.54, 1.807) is 17.0 Å². The standard InChI is InChI=1S/C19H17ClN4O/c1-2-24(17-9-4-3-5-10-17)18(25)14-12-21-19(22-13-14)23-16-8-6-7-15(20)11-16/h3-13H,2H2,1H3,(H,21,22,23). The van der Waals surface area contributed by atoms with Gasteiger partial charge >= 0.3 is 0 Å². The lowest BCUT2D eigenvalue weighted by atomic mass is 10.2. The van der Waals surface area contributed by atoms with Crippen LogP contribution in [-0.2, 0) is 0 Å². The molecule has 2 aromatic carbocycles. The summed E-state index contributed by atoms with van der Waals surface area (Å²) in [7, 11) is 0. The van der Waals surface area contributed by atoms with Crippen molar-refractivity contribution in [1.29, 1.82) is 0 Å². The van der Waals surface area contributed by atoms with Gasteiger partial charge in [-0.3, -0.25) is 4.79 Å². The van der Waals surface area contributed by atoms with E-state index in [9.17, 15) is 4.79 Å². The first-order valence-electron chi connectivity index (χ1n) is 7.89. The number of aromatic nitrogens is 2. The maximum absolute atomic E-state index is 12.7. The molecule has 3 rings (SSSR count). The van der Waals surface area contributed by atoms with Gasteiger partial charge in [-0.2, -0.15) is 0 Å². The Labute approximate surface area is 151 Å². The third-order valence-electron chi connectivity index (χ3n) is 3.61. The number of nitrogens with zero attached hydrogens (tertiary/aromatic N) is 3. The predicted octanol–water partition coefficient (Wildman–Crippen LogP) is 4.54. The highest BCUT2D eigenvalue weighted by atomic mass is 35.5. The highest BCUT2D eigenvalue weighted by Crippen LogP contribution is 2.19. The van der Waals surface area contributed by atoms with E-state index in [1.807, 2.05) is 49.4 Å². The Morgan fingerprint density at radius 2 is 1.80 bits per heavy atom. The average Bonchev–Trinajstić information content (AvgIpc) is 2.64. The van der Waals surface area contributed by atoms with Crippen molar-refractivity contribution in [3.05, 3.63) is 77.6 Å². The topological polar surface area (TPSA) is 58.1 Å². The second-order valence-electron chi connectivity index (χ2n) is 5.32. The Hall–Kier alpha value is -2.92. The van der Waals surface area contributed by atoms with Gasteiger partial charge in [0, 0.05) is 35.3 Å². The van der Waals surface area contributed by atoms with Crippen LogP contribution in [-0.4, -0.2) is 22.4 Å². The maximum Gasteiger partial charge on any atom is 0.261 e. The van der Waals surface area contributed by atoms with Crippen LogP contribution in [0.2, 0.25) is 5.02 Å². The second kappa shape index (κ2) is 7.77. The van der Waals surface area contributed by atoms with Crippen LogP contribution in [0.1, 0.15) is 17.3 Å². The van der Waals surface area contributed by atoms with Gasteiger partial charge < -0.3 is 10.2 Å². The summed E-state index contributed by atoms with van der Waals surface area (Å²) in [6.45, 7) is 2.49. The molecule has 0 spiro atoms. The van der Waals surface area contributed by atoms with Crippen molar-refractivity contribution < 1.29 is 4.79 Å². The lowest BCUT2D eigenvalue weighted by Crippen LogP contribution is -2.30. The van der Waals surface area contributed by atoms with Gasteiger partial charge in [-0.15, -0.1) is 0 Å². The number of rotatable bonds is 5. The molecule has 1 aromatic heterocycles. The summed E-state index contributed by atoms with van der Waals surface area (Å²) in [4.78, 5) is 22.8. The smallest absolute Gasteiger partial charge is 0.261 e. The number of anilines is 3. The molecule has 3 aromatic rings. The van der Waals surface area contributed by atoms with Crippen molar-refractivity contribution in [2.45, 2.75) is 6.92 Å². The molecular weight excluding hydrogens is 336 g/mol. The molecule has 0 saturated carbocycles. The van der Waals surface area contributed by atoms with Gasteiger partial charge in [-0.1, -0.05) is 35.9 Å². The molecule has 1 N–H and O–H groups in total. The number of halogens is 1. The Morgan fingerprint density at radius 3 is 2.44 bits per heavy atom. The summed E-state index contributed by atoms with van der Waals surface area (Å²) in [6, 6.07) is 16.8. The number of hydrogen-bond acceptors (Lipinski definition) is 4. The van der Waals surface area contributed by atoms with Gasteiger partial charge in [0.2, 0.25) is 5.95 Å². The van der Waals surface area contributed by atoms with E-state index in [-0.39, 0.29) is 5.91 Å². The normalized spacial score (nSPS) is 10.3. The van der Waals surface area contributed by atoms with Crippen LogP contribution in [0.25, 0.3) is 0 Å². The molecule has 0 aliphatic rings. The Bertz CT molecular complexity index is 853. The minimum absolute atomic E-state index is 0.136. The zero-order chi connectivity index (χ0) is 17.6. The number of benzene rings is 2. The first-order valence-corrected chi connectivity index (χ1v) is 8.26. The highest BCUT2D eigenvalue weighted by Gasteiger charge is 2.16. The molecule has 6 heteroatoms. The predicted molar refractivity (Wildman–Crippen MR) is 101 cm³/mol. The van der Waals surface area contributed by atoms with E-state index in [0.29, 0.717) is 23.1 Å². The van der Waals surface area contributed by atoms with Crippen LogP contribution in [0.15, 0.2) is 67.0 Å². The number of carbonyl (C=O) groups excluding carboxylic acids is 1. The van der Waals surface area contributed by atoms with E-state index < -0.39 is 0 Å². The fourth-order valence-corrected chi connectivity index (χ4v) is 2.60. The van der Waals surface area contributed by atoms with Crippen LogP contribution in [0.4, 0.5) is 17.3 Å². The summed E-state index contributed by atoms with van der Waals surface area (Å²) < 4.78 is 0. The molecule has 0 radical (unpaired) electrons. The number of hydrogen-bond donors (Lipinski definition) is 1. The number of para-hydroxylation sites is 1. The molecule has 0 unspecified atom stereocenters. The summed E-state index contributed by atoms with van der Waals surface area (Å²) in [5, 5.41) is 3.68. The quantitative estimate of drug-likeness (QED) is 0.732. The number of nitrogens with one attached hydrogen (secondary N) is 1. The minimum Gasteiger partial charge on any atom is -0.324 e. The Morgan fingerprint density at radius 1 is 1.08 bits per heavy atom. The van der Waals surface area contributed by atoms with E-state index in [1.165, 1.54) is 12.4 Å². The van der Waals surface area contributed by atoms with Gasteiger partial charge in [0.05, 0.1) is 5.56 Å². The zero-order valence-electron chi connectivity index (χ0n) is 13.7. The number of amides is 1. The van der Waals surface area contributed by atoms with Gasteiger partial charge in [0.15, 0.2) is 0 Å². The van der Waals surface area contributed by atoms with E-state index in [0.717, 1.165) is 11.4 Å². The molecule has 0 aliphatic heterocycles. The molecule has 5 nitrogen and oxygen atoms in total. The summed E-state index contributed by atoms with van der Waals surface area (Å²) in [6.07, 6.45) is 3.04. The van der Waals surface area contributed by atoms with Crippen LogP contribution < -0.4 is 10.2 Å². The zero-order valence-corrected chi connectivity index (χ0v) is 14.4. The van der Waals surface area contributed by atoms with E-state index in [4.69, 9.17) is 11.6 Å². The summed E-state index contributed by atoms with van der Waals surface area (Å²) in [5.41, 5.74) is 2.06. The van der Waals surface area contributed by atoms with Crippen molar-refractivity contribution in [2.24, 2.45) is 0 Å². The summed E-state index contributed by atoms with van der Waals surface area (Å²) >= 11 is 5.96. The van der Waals surface area contributed by atoms with Crippen molar-refractivity contribution in [2.75, 3.05) is 16.8 Å². The maximum atomic E-state index is 12.7. The SMILES string of the molecule is CCN(C(=O)c1cnc(Nc2cccc(Cl)c2)nc1)c1ccccc1. The van der Waals surface area contributed by atoms with Gasteiger partial charge in [0.1, 0.15) is 0 Å². The number of carbonyl (C=O) groups is 1. The molecule has 0 aliphatic carbocycles. The van der Waals surface area contributed by atoms with Crippen molar-refractivity contribution in [3.63, 3.8) is 0 Å². The van der Waals surface area contributed by atoms with Crippen LogP contribution in [0.5, 0.6) is 0 Å². The molecule has 0 saturated heterocycles. The Balaban J connectivity index is 1.76. The third kappa shape index (κ3) is 4.14. The first-order chi connectivity index (χ1) is 12.2. The Kier molecular flexibility index (Phi) is 5.26. The second-order valence-corrected chi connectivity index (χ2v) is 5.75. The van der Waals surface area contributed by atoms with Gasteiger partial charge in [0.25, 0.3) is 5.91 Å². The van der Waals surface area contributed by atoms with Crippen molar-refractivity contribution >= 4 is 34.8 Å². The lowest BCUT2D eigenvalue weighted by molar-refractivity contribution is 0.0987. The molecule has 1 heterocycles. The fourth-order valence-electron chi connectivity index (χ4n) is 2.41. The molecule has 0 bridgehead atoms. The van der Waals surface area contributed by atoms with Crippen LogP contribution in [0, 0.1) is 0 Å². The van der Waals surface area contributed by atoms with Gasteiger partial charge in [-0.05, 0) is 37.3 Å². The van der Waals surface area contributed by atoms with E-state index >= 15 is 0 Å². The molecule has 25 heavy (non-hydrogen) atoms. The van der Waals surface area contributed by atoms with Gasteiger partial charge in [-0.25, -0.2) is 9.97 Å². The van der Waals surface area contributed by atoms with Crippen molar-refractivity contribution in [1.82, 2.24) is 9.97 Å².